The van der Waals surface area contributed by atoms with Crippen LogP contribution in [0.15, 0.2) is 66.9 Å². The molecule has 4 rings (SSSR count). The first-order valence-electron chi connectivity index (χ1n) is 7.84. The highest BCUT2D eigenvalue weighted by molar-refractivity contribution is 5.90. The molecule has 0 spiro atoms. The van der Waals surface area contributed by atoms with E-state index in [2.05, 4.69) is 49.4 Å². The molecule has 2 nitrogen and oxygen atoms in total. The van der Waals surface area contributed by atoms with Crippen molar-refractivity contribution >= 4 is 16.3 Å². The van der Waals surface area contributed by atoms with Gasteiger partial charge >= 0.3 is 0 Å². The Labute approximate surface area is 135 Å². The Morgan fingerprint density at radius 3 is 2.52 bits per heavy atom. The van der Waals surface area contributed by atoms with E-state index in [0.717, 1.165) is 23.1 Å². The molecule has 0 aliphatic rings. The molecule has 110 valence electrons. The van der Waals surface area contributed by atoms with Crippen molar-refractivity contribution in [2.75, 3.05) is 0 Å². The molecule has 23 heavy (non-hydrogen) atoms. The number of nitriles is 1. The second-order valence-electron chi connectivity index (χ2n) is 5.69. The van der Waals surface area contributed by atoms with Crippen LogP contribution in [0.3, 0.4) is 0 Å². The fourth-order valence-corrected chi connectivity index (χ4v) is 3.40. The van der Waals surface area contributed by atoms with Crippen LogP contribution in [0.25, 0.3) is 27.4 Å². The average molecular weight is 296 g/mol. The maximum atomic E-state index is 9.73. The van der Waals surface area contributed by atoms with Crippen molar-refractivity contribution in [2.45, 2.75) is 13.3 Å². The second kappa shape index (κ2) is 5.30. The van der Waals surface area contributed by atoms with Gasteiger partial charge in [0, 0.05) is 11.8 Å². The van der Waals surface area contributed by atoms with E-state index in [1.807, 2.05) is 34.9 Å². The summed E-state index contributed by atoms with van der Waals surface area (Å²) >= 11 is 0. The molecule has 0 amide bonds. The lowest BCUT2D eigenvalue weighted by Gasteiger charge is -2.06. The number of pyridine rings is 1. The van der Waals surface area contributed by atoms with Crippen LogP contribution in [0.4, 0.5) is 0 Å². The predicted octanol–water partition coefficient (Wildman–Crippen LogP) is 5.19. The number of hydrogen-bond donors (Lipinski definition) is 0. The third-order valence-corrected chi connectivity index (χ3v) is 4.45. The largest absolute Gasteiger partial charge is 0.307 e. The van der Waals surface area contributed by atoms with Crippen molar-refractivity contribution in [1.29, 1.82) is 5.26 Å². The molecule has 0 N–H and O–H groups in total. The summed E-state index contributed by atoms with van der Waals surface area (Å²) in [7, 11) is 0. The fraction of sp³-hybridized carbons (Fsp3) is 0.0952. The van der Waals surface area contributed by atoms with Gasteiger partial charge in [0.25, 0.3) is 0 Å². The molecule has 0 aliphatic heterocycles. The van der Waals surface area contributed by atoms with Crippen LogP contribution in [0.2, 0.25) is 0 Å². The Morgan fingerprint density at radius 1 is 0.957 bits per heavy atom. The van der Waals surface area contributed by atoms with Crippen molar-refractivity contribution in [3.63, 3.8) is 0 Å². The highest BCUT2D eigenvalue weighted by atomic mass is 14.9. The fourth-order valence-electron chi connectivity index (χ4n) is 3.40. The number of rotatable bonds is 2. The Morgan fingerprint density at radius 2 is 1.74 bits per heavy atom. The molecule has 2 heterocycles. The predicted molar refractivity (Wildman–Crippen MR) is 94.4 cm³/mol. The van der Waals surface area contributed by atoms with Gasteiger partial charge in [0.05, 0.1) is 5.52 Å². The molecule has 0 saturated carbocycles. The minimum absolute atomic E-state index is 0.715. The van der Waals surface area contributed by atoms with Crippen LogP contribution in [-0.4, -0.2) is 4.40 Å². The van der Waals surface area contributed by atoms with Crippen molar-refractivity contribution in [2.24, 2.45) is 0 Å². The minimum atomic E-state index is 0.715. The molecule has 4 aromatic rings. The van der Waals surface area contributed by atoms with Gasteiger partial charge in [-0.1, -0.05) is 49.4 Å². The first-order chi connectivity index (χ1) is 11.3. The minimum Gasteiger partial charge on any atom is -0.307 e. The Hall–Kier alpha value is -3.05. The van der Waals surface area contributed by atoms with Crippen LogP contribution < -0.4 is 0 Å². The molecule has 2 aromatic heterocycles. The molecule has 0 fully saturated rings. The molecule has 2 heteroatoms. The Bertz CT molecular complexity index is 1060. The number of aryl methyl sites for hydroxylation is 1. The van der Waals surface area contributed by atoms with Gasteiger partial charge in [-0.15, -0.1) is 0 Å². The van der Waals surface area contributed by atoms with E-state index < -0.39 is 0 Å². The van der Waals surface area contributed by atoms with Crippen molar-refractivity contribution in [3.8, 4) is 17.2 Å². The van der Waals surface area contributed by atoms with Gasteiger partial charge in [-0.25, -0.2) is 0 Å². The van der Waals surface area contributed by atoms with Gasteiger partial charge in [-0.3, -0.25) is 0 Å². The smallest absolute Gasteiger partial charge is 0.133 e. The highest BCUT2D eigenvalue weighted by Gasteiger charge is 2.18. The molecular weight excluding hydrogens is 280 g/mol. The summed E-state index contributed by atoms with van der Waals surface area (Å²) in [6.45, 7) is 2.15. The van der Waals surface area contributed by atoms with Crippen molar-refractivity contribution < 1.29 is 0 Å². The summed E-state index contributed by atoms with van der Waals surface area (Å²) in [6, 6.07) is 23.3. The van der Waals surface area contributed by atoms with Crippen LogP contribution in [0, 0.1) is 11.3 Å². The number of fused-ring (bicyclic) bond motifs is 2. The first-order valence-corrected chi connectivity index (χ1v) is 7.84. The number of nitrogens with zero attached hydrogens (tertiary/aromatic N) is 2. The summed E-state index contributed by atoms with van der Waals surface area (Å²) in [5.74, 6) is 0. The molecule has 0 atom stereocenters. The summed E-state index contributed by atoms with van der Waals surface area (Å²) in [5, 5.41) is 12.1. The Balaban J connectivity index is 2.09. The number of hydrogen-bond acceptors (Lipinski definition) is 1. The summed E-state index contributed by atoms with van der Waals surface area (Å²) in [5.41, 5.74) is 5.24. The monoisotopic (exact) mass is 296 g/mol. The molecule has 0 radical (unpaired) electrons. The summed E-state index contributed by atoms with van der Waals surface area (Å²) < 4.78 is 2.00. The van der Waals surface area contributed by atoms with E-state index in [1.165, 1.54) is 16.3 Å². The van der Waals surface area contributed by atoms with E-state index >= 15 is 0 Å². The maximum Gasteiger partial charge on any atom is 0.133 e. The number of benzene rings is 2. The Kier molecular flexibility index (Phi) is 3.13. The van der Waals surface area contributed by atoms with E-state index in [9.17, 15) is 5.26 Å². The summed E-state index contributed by atoms with van der Waals surface area (Å²) in [6.07, 6.45) is 2.87. The van der Waals surface area contributed by atoms with Crippen molar-refractivity contribution in [3.05, 3.63) is 78.1 Å². The van der Waals surface area contributed by atoms with Crippen molar-refractivity contribution in [1.82, 2.24) is 4.40 Å². The van der Waals surface area contributed by atoms with Gasteiger partial charge in [0.15, 0.2) is 0 Å². The average Bonchev–Trinajstić information content (AvgIpc) is 2.94. The lowest BCUT2D eigenvalue weighted by Crippen LogP contribution is -1.88. The van der Waals surface area contributed by atoms with Crippen LogP contribution in [-0.2, 0) is 6.42 Å². The van der Waals surface area contributed by atoms with E-state index in [-0.39, 0.29) is 0 Å². The molecule has 2 aromatic carbocycles. The van der Waals surface area contributed by atoms with Gasteiger partial charge in [0.2, 0.25) is 0 Å². The van der Waals surface area contributed by atoms with E-state index in [0.29, 0.717) is 5.69 Å². The molecule has 0 unspecified atom stereocenters. The normalized spacial score (nSPS) is 11.0. The van der Waals surface area contributed by atoms with E-state index in [1.54, 1.807) is 0 Å². The van der Waals surface area contributed by atoms with Gasteiger partial charge in [0.1, 0.15) is 11.8 Å². The highest BCUT2D eigenvalue weighted by Crippen LogP contribution is 2.34. The maximum absolute atomic E-state index is 9.73. The lowest BCUT2D eigenvalue weighted by molar-refractivity contribution is 1.14. The summed E-state index contributed by atoms with van der Waals surface area (Å²) in [4.78, 5) is 0. The number of aromatic nitrogens is 1. The van der Waals surface area contributed by atoms with Crippen LogP contribution in [0.1, 0.15) is 18.2 Å². The van der Waals surface area contributed by atoms with Crippen LogP contribution in [0.5, 0.6) is 0 Å². The standard InChI is InChI=1S/C21H16N2/c1-2-18-19-9-5-6-12-23(19)20(14-22)21(18)17-11-10-15-7-3-4-8-16(15)13-17/h3-13H,2H2,1H3. The molecule has 0 saturated heterocycles. The SMILES string of the molecule is CCc1c(-c2ccc3ccccc3c2)c(C#N)n2ccccc12. The topological polar surface area (TPSA) is 28.2 Å². The molecule has 0 aliphatic carbocycles. The zero-order chi connectivity index (χ0) is 15.8. The zero-order valence-corrected chi connectivity index (χ0v) is 13.0. The zero-order valence-electron chi connectivity index (χ0n) is 13.0. The van der Waals surface area contributed by atoms with Gasteiger partial charge in [-0.2, -0.15) is 5.26 Å². The third kappa shape index (κ3) is 2.02. The van der Waals surface area contributed by atoms with Crippen LogP contribution >= 0.6 is 0 Å². The lowest BCUT2D eigenvalue weighted by atomic mass is 9.97. The molecular formula is C21H16N2. The van der Waals surface area contributed by atoms with Gasteiger partial charge in [-0.05, 0) is 46.5 Å². The quantitative estimate of drug-likeness (QED) is 0.500. The van der Waals surface area contributed by atoms with Gasteiger partial charge < -0.3 is 4.40 Å². The third-order valence-electron chi connectivity index (χ3n) is 4.45. The van der Waals surface area contributed by atoms with E-state index in [4.69, 9.17) is 0 Å². The second-order valence-corrected chi connectivity index (χ2v) is 5.69. The first kappa shape index (κ1) is 13.6. The molecule has 0 bridgehead atoms.